The number of nitrogens with zero attached hydrogens (tertiary/aromatic N) is 3. The summed E-state index contributed by atoms with van der Waals surface area (Å²) in [6.07, 6.45) is 2.12. The summed E-state index contributed by atoms with van der Waals surface area (Å²) in [6, 6.07) is 2.77. The first-order valence-corrected chi connectivity index (χ1v) is 6.35. The monoisotopic (exact) mass is 353 g/mol. The zero-order chi connectivity index (χ0) is 15.6. The number of aromatic nitrogens is 2. The van der Waals surface area contributed by atoms with E-state index in [1.54, 1.807) is 13.0 Å². The largest absolute Gasteiger partial charge is 0.478 e. The molecule has 0 amide bonds. The smallest absolute Gasteiger partial charge is 0.338 e. The average molecular weight is 354 g/mol. The summed E-state index contributed by atoms with van der Waals surface area (Å²) in [5, 5.41) is 19.8. The Morgan fingerprint density at radius 2 is 2.00 bits per heavy atom. The number of hydrogen-bond acceptors (Lipinski definition) is 6. The lowest BCUT2D eigenvalue weighted by Crippen LogP contribution is -2.01. The van der Waals surface area contributed by atoms with Crippen molar-refractivity contribution >= 4 is 27.6 Å². The van der Waals surface area contributed by atoms with E-state index in [2.05, 4.69) is 25.9 Å². The number of hydrogen-bond donors (Lipinski definition) is 1. The molecule has 1 aromatic heterocycles. The number of carboxylic acid groups (broad SMARTS) is 1. The van der Waals surface area contributed by atoms with Crippen LogP contribution in [0.3, 0.4) is 0 Å². The highest BCUT2D eigenvalue weighted by molar-refractivity contribution is 9.10. The van der Waals surface area contributed by atoms with Gasteiger partial charge in [-0.25, -0.2) is 14.8 Å². The van der Waals surface area contributed by atoms with E-state index in [1.165, 1.54) is 6.07 Å². The molecule has 0 aliphatic heterocycles. The second kappa shape index (κ2) is 5.83. The molecule has 0 aliphatic rings. The van der Waals surface area contributed by atoms with Crippen molar-refractivity contribution < 1.29 is 19.6 Å². The molecule has 0 saturated carbocycles. The second-order valence-corrected chi connectivity index (χ2v) is 4.91. The van der Waals surface area contributed by atoms with Crippen molar-refractivity contribution in [1.29, 1.82) is 0 Å². The topological polar surface area (TPSA) is 115 Å². The van der Waals surface area contributed by atoms with Gasteiger partial charge in [0, 0.05) is 28.5 Å². The molecule has 0 bridgehead atoms. The number of aryl methyl sites for hydroxylation is 1. The minimum absolute atomic E-state index is 0.00581. The van der Waals surface area contributed by atoms with Gasteiger partial charge in [-0.1, -0.05) is 15.9 Å². The quantitative estimate of drug-likeness (QED) is 0.663. The predicted octanol–water partition coefficient (Wildman–Crippen LogP) is 2.95. The fourth-order valence-electron chi connectivity index (χ4n) is 1.55. The lowest BCUT2D eigenvalue weighted by molar-refractivity contribution is -0.385. The number of ether oxygens (including phenoxy) is 1. The summed E-state index contributed by atoms with van der Waals surface area (Å²) >= 11 is 3.17. The van der Waals surface area contributed by atoms with E-state index in [0.29, 0.717) is 10.0 Å². The third-order valence-electron chi connectivity index (χ3n) is 2.48. The van der Waals surface area contributed by atoms with Crippen LogP contribution in [0.15, 0.2) is 29.0 Å². The van der Waals surface area contributed by atoms with Gasteiger partial charge in [0.15, 0.2) is 0 Å². The van der Waals surface area contributed by atoms with E-state index < -0.39 is 10.9 Å². The van der Waals surface area contributed by atoms with E-state index >= 15 is 0 Å². The summed E-state index contributed by atoms with van der Waals surface area (Å²) in [5.74, 6) is -1.17. The Balaban J connectivity index is 2.39. The Bertz CT molecular complexity index is 718. The molecule has 21 heavy (non-hydrogen) atoms. The first kappa shape index (κ1) is 14.9. The Morgan fingerprint density at radius 3 is 2.52 bits per heavy atom. The SMILES string of the molecule is Cc1cc(Br)cc([N+](=O)[O-])c1Oc1ncc(C(=O)O)cn1. The number of aromatic carboxylic acids is 1. The molecule has 0 atom stereocenters. The number of carbonyl (C=O) groups is 1. The third-order valence-corrected chi connectivity index (χ3v) is 2.94. The Hall–Kier alpha value is -2.55. The van der Waals surface area contributed by atoms with Crippen LogP contribution in [0.1, 0.15) is 15.9 Å². The molecular formula is C12H8BrN3O5. The molecular weight excluding hydrogens is 346 g/mol. The standard InChI is InChI=1S/C12H8BrN3O5/c1-6-2-8(13)3-9(16(19)20)10(6)21-12-14-4-7(5-15-12)11(17)18/h2-5H,1H3,(H,17,18). The summed E-state index contributed by atoms with van der Waals surface area (Å²) in [5.41, 5.74) is 0.166. The molecule has 0 fully saturated rings. The molecule has 2 aromatic rings. The van der Waals surface area contributed by atoms with Crippen LogP contribution in [0.2, 0.25) is 0 Å². The highest BCUT2D eigenvalue weighted by Crippen LogP contribution is 2.36. The maximum Gasteiger partial charge on any atom is 0.338 e. The highest BCUT2D eigenvalue weighted by atomic mass is 79.9. The molecule has 0 unspecified atom stereocenters. The van der Waals surface area contributed by atoms with Gasteiger partial charge in [0.05, 0.1) is 10.5 Å². The average Bonchev–Trinajstić information content (AvgIpc) is 2.41. The Labute approximate surface area is 126 Å². The van der Waals surface area contributed by atoms with Gasteiger partial charge in [-0.05, 0) is 13.0 Å². The van der Waals surface area contributed by atoms with Gasteiger partial charge < -0.3 is 9.84 Å². The third kappa shape index (κ3) is 3.31. The lowest BCUT2D eigenvalue weighted by atomic mass is 10.2. The van der Waals surface area contributed by atoms with Crippen molar-refractivity contribution in [2.75, 3.05) is 0 Å². The van der Waals surface area contributed by atoms with E-state index in [0.717, 1.165) is 12.4 Å². The van der Waals surface area contributed by atoms with Crippen molar-refractivity contribution in [1.82, 2.24) is 9.97 Å². The molecule has 1 aromatic carbocycles. The minimum atomic E-state index is -1.17. The van der Waals surface area contributed by atoms with Crippen LogP contribution < -0.4 is 4.74 Å². The van der Waals surface area contributed by atoms with Crippen molar-refractivity contribution in [2.24, 2.45) is 0 Å². The normalized spacial score (nSPS) is 10.2. The van der Waals surface area contributed by atoms with Crippen LogP contribution in [-0.4, -0.2) is 26.0 Å². The van der Waals surface area contributed by atoms with Crippen molar-refractivity contribution in [2.45, 2.75) is 6.92 Å². The number of rotatable bonds is 4. The van der Waals surface area contributed by atoms with Gasteiger partial charge in [0.25, 0.3) is 0 Å². The number of nitro benzene ring substituents is 1. The summed E-state index contributed by atoms with van der Waals surface area (Å²) in [7, 11) is 0. The molecule has 2 rings (SSSR count). The van der Waals surface area contributed by atoms with Gasteiger partial charge in [-0.15, -0.1) is 0 Å². The Kier molecular flexibility index (Phi) is 4.13. The molecule has 8 nitrogen and oxygen atoms in total. The zero-order valence-electron chi connectivity index (χ0n) is 10.6. The van der Waals surface area contributed by atoms with Crippen molar-refractivity contribution in [3.8, 4) is 11.8 Å². The predicted molar refractivity (Wildman–Crippen MR) is 74.6 cm³/mol. The van der Waals surface area contributed by atoms with Crippen molar-refractivity contribution in [3.05, 3.63) is 50.2 Å². The van der Waals surface area contributed by atoms with Crippen LogP contribution in [0.5, 0.6) is 11.8 Å². The van der Waals surface area contributed by atoms with Gasteiger partial charge in [-0.2, -0.15) is 0 Å². The fraction of sp³-hybridized carbons (Fsp3) is 0.0833. The maximum absolute atomic E-state index is 11.0. The lowest BCUT2D eigenvalue weighted by Gasteiger charge is -2.08. The van der Waals surface area contributed by atoms with E-state index in [-0.39, 0.29) is 23.0 Å². The van der Waals surface area contributed by atoms with Gasteiger partial charge in [-0.3, -0.25) is 10.1 Å². The van der Waals surface area contributed by atoms with Crippen LogP contribution in [0, 0.1) is 17.0 Å². The molecule has 0 spiro atoms. The highest BCUT2D eigenvalue weighted by Gasteiger charge is 2.20. The van der Waals surface area contributed by atoms with E-state index in [4.69, 9.17) is 9.84 Å². The molecule has 1 heterocycles. The number of nitro groups is 1. The summed E-state index contributed by atoms with van der Waals surface area (Å²) in [4.78, 5) is 28.6. The summed E-state index contributed by atoms with van der Waals surface area (Å²) in [6.45, 7) is 1.64. The number of benzene rings is 1. The van der Waals surface area contributed by atoms with Crippen LogP contribution in [0.4, 0.5) is 5.69 Å². The van der Waals surface area contributed by atoms with Crippen LogP contribution in [-0.2, 0) is 0 Å². The first-order valence-electron chi connectivity index (χ1n) is 5.56. The number of carboxylic acids is 1. The number of halogens is 1. The molecule has 0 radical (unpaired) electrons. The van der Waals surface area contributed by atoms with E-state index in [1.807, 2.05) is 0 Å². The van der Waals surface area contributed by atoms with Crippen LogP contribution in [0.25, 0.3) is 0 Å². The summed E-state index contributed by atoms with van der Waals surface area (Å²) < 4.78 is 5.86. The maximum atomic E-state index is 11.0. The minimum Gasteiger partial charge on any atom is -0.478 e. The second-order valence-electron chi connectivity index (χ2n) is 3.99. The fourth-order valence-corrected chi connectivity index (χ4v) is 2.11. The van der Waals surface area contributed by atoms with Crippen LogP contribution >= 0.6 is 15.9 Å². The van der Waals surface area contributed by atoms with E-state index in [9.17, 15) is 14.9 Å². The zero-order valence-corrected chi connectivity index (χ0v) is 12.2. The first-order chi connectivity index (χ1) is 9.88. The van der Waals surface area contributed by atoms with Gasteiger partial charge in [0.2, 0.25) is 5.75 Å². The molecule has 9 heteroatoms. The molecule has 0 aliphatic carbocycles. The van der Waals surface area contributed by atoms with Gasteiger partial charge >= 0.3 is 17.7 Å². The van der Waals surface area contributed by atoms with Crippen molar-refractivity contribution in [3.63, 3.8) is 0 Å². The molecule has 0 saturated heterocycles. The molecule has 108 valence electrons. The van der Waals surface area contributed by atoms with Gasteiger partial charge in [0.1, 0.15) is 0 Å². The Morgan fingerprint density at radius 1 is 1.38 bits per heavy atom. The molecule has 1 N–H and O–H groups in total.